The highest BCUT2D eigenvalue weighted by Crippen LogP contribution is 2.33. The number of urea groups is 1. The number of amides is 5. The van der Waals surface area contributed by atoms with Crippen molar-refractivity contribution in [2.75, 3.05) is 16.3 Å². The second-order valence-electron chi connectivity index (χ2n) is 8.19. The molecule has 2 atom stereocenters. The topological polar surface area (TPSA) is 90.0 Å². The highest BCUT2D eigenvalue weighted by Gasteiger charge is 2.40. The molecule has 158 valence electrons. The Morgan fingerprint density at radius 3 is 2.48 bits per heavy atom. The summed E-state index contributed by atoms with van der Waals surface area (Å²) < 4.78 is 0. The summed E-state index contributed by atoms with van der Waals surface area (Å²) in [6, 6.07) is 14.2. The van der Waals surface area contributed by atoms with Gasteiger partial charge in [0.15, 0.2) is 0 Å². The fraction of sp³-hybridized carbons (Fsp3) is 0.304. The summed E-state index contributed by atoms with van der Waals surface area (Å²) in [5.74, 6) is -0.958. The molecule has 0 radical (unpaired) electrons. The average Bonchev–Trinajstić information content (AvgIpc) is 3.24. The number of imide groups is 1. The molecule has 2 aromatic rings. The number of hydrogen-bond acceptors (Lipinski definition) is 4. The minimum atomic E-state index is -0.650. The lowest BCUT2D eigenvalue weighted by molar-refractivity contribution is -0.136. The molecule has 2 saturated heterocycles. The fourth-order valence-corrected chi connectivity index (χ4v) is 4.64. The van der Waals surface area contributed by atoms with Gasteiger partial charge in [0, 0.05) is 36.4 Å². The van der Waals surface area contributed by atoms with Crippen molar-refractivity contribution >= 4 is 35.1 Å². The number of anilines is 2. The van der Waals surface area contributed by atoms with E-state index in [1.54, 1.807) is 21.9 Å². The van der Waals surface area contributed by atoms with Crippen LogP contribution >= 0.6 is 0 Å². The molecule has 0 saturated carbocycles. The monoisotopic (exact) mass is 418 g/mol. The molecule has 0 aliphatic carbocycles. The van der Waals surface area contributed by atoms with Gasteiger partial charge in [0.1, 0.15) is 6.04 Å². The van der Waals surface area contributed by atoms with Crippen LogP contribution in [0, 0.1) is 0 Å². The van der Waals surface area contributed by atoms with E-state index in [1.807, 2.05) is 43.3 Å². The zero-order chi connectivity index (χ0) is 21.7. The molecule has 8 nitrogen and oxygen atoms in total. The van der Waals surface area contributed by atoms with E-state index in [0.717, 1.165) is 16.9 Å². The fourth-order valence-electron chi connectivity index (χ4n) is 4.64. The molecule has 1 N–H and O–H groups in total. The number of nitrogens with zero attached hydrogens (tertiary/aromatic N) is 3. The Bertz CT molecular complexity index is 1100. The molecule has 31 heavy (non-hydrogen) atoms. The molecule has 2 aromatic carbocycles. The minimum absolute atomic E-state index is 0.00440. The number of carbonyl (C=O) groups excluding carboxylic acids is 4. The van der Waals surface area contributed by atoms with E-state index in [1.165, 1.54) is 4.90 Å². The number of benzene rings is 2. The highest BCUT2D eigenvalue weighted by molar-refractivity contribution is 6.08. The van der Waals surface area contributed by atoms with Crippen molar-refractivity contribution in [2.24, 2.45) is 0 Å². The van der Waals surface area contributed by atoms with E-state index in [4.69, 9.17) is 0 Å². The molecule has 2 fully saturated rings. The molecule has 3 aliphatic rings. The zero-order valence-electron chi connectivity index (χ0n) is 17.1. The summed E-state index contributed by atoms with van der Waals surface area (Å²) in [5.41, 5.74) is 2.90. The molecule has 0 aromatic heterocycles. The van der Waals surface area contributed by atoms with E-state index in [9.17, 15) is 19.2 Å². The van der Waals surface area contributed by atoms with Crippen molar-refractivity contribution in [2.45, 2.75) is 38.4 Å². The Hall–Kier alpha value is -3.68. The van der Waals surface area contributed by atoms with E-state index in [2.05, 4.69) is 5.32 Å². The summed E-state index contributed by atoms with van der Waals surface area (Å²) in [6.45, 7) is 2.83. The van der Waals surface area contributed by atoms with Crippen LogP contribution in [-0.2, 0) is 16.1 Å². The van der Waals surface area contributed by atoms with Gasteiger partial charge in [-0.25, -0.2) is 4.79 Å². The van der Waals surface area contributed by atoms with Gasteiger partial charge in [-0.2, -0.15) is 0 Å². The second kappa shape index (κ2) is 7.23. The maximum absolute atomic E-state index is 13.2. The van der Waals surface area contributed by atoms with Crippen LogP contribution in [-0.4, -0.2) is 47.3 Å². The first-order valence-corrected chi connectivity index (χ1v) is 10.4. The van der Waals surface area contributed by atoms with E-state index in [-0.39, 0.29) is 36.9 Å². The van der Waals surface area contributed by atoms with Gasteiger partial charge in [-0.05, 0) is 49.2 Å². The predicted molar refractivity (Wildman–Crippen MR) is 114 cm³/mol. The standard InChI is InChI=1S/C23H22N4O4/c1-14-12-25(23(31)27(14)16-5-3-2-4-6-16)17-7-8-18-15(11-17)13-26(22(18)30)19-9-10-20(28)24-21(19)29/h2-8,11,14,19H,9-10,12-13H2,1H3,(H,24,28,29)/t14-,19?/m0/s1. The lowest BCUT2D eigenvalue weighted by Gasteiger charge is -2.29. The molecule has 3 heterocycles. The number of fused-ring (bicyclic) bond motifs is 1. The third-order valence-corrected chi connectivity index (χ3v) is 6.18. The Morgan fingerprint density at radius 2 is 1.74 bits per heavy atom. The number of piperidine rings is 1. The first-order chi connectivity index (χ1) is 14.9. The first kappa shape index (κ1) is 19.3. The Kier molecular flexibility index (Phi) is 4.50. The summed E-state index contributed by atoms with van der Waals surface area (Å²) in [6.07, 6.45) is 0.544. The van der Waals surface area contributed by atoms with Crippen molar-refractivity contribution in [1.82, 2.24) is 10.2 Å². The van der Waals surface area contributed by atoms with Gasteiger partial charge < -0.3 is 4.90 Å². The van der Waals surface area contributed by atoms with Gasteiger partial charge in [0.05, 0.1) is 6.04 Å². The molecule has 5 rings (SSSR count). The van der Waals surface area contributed by atoms with Crippen LogP contribution in [0.4, 0.5) is 16.2 Å². The normalized spacial score (nSPS) is 23.5. The summed E-state index contributed by atoms with van der Waals surface area (Å²) >= 11 is 0. The molecular formula is C23H22N4O4. The quantitative estimate of drug-likeness (QED) is 0.775. The highest BCUT2D eigenvalue weighted by atomic mass is 16.2. The Labute approximate surface area is 179 Å². The number of rotatable bonds is 3. The molecule has 3 aliphatic heterocycles. The lowest BCUT2D eigenvalue weighted by atomic mass is 10.0. The number of hydrogen-bond donors (Lipinski definition) is 1. The van der Waals surface area contributed by atoms with Gasteiger partial charge in [-0.15, -0.1) is 0 Å². The van der Waals surface area contributed by atoms with Gasteiger partial charge in [0.2, 0.25) is 11.8 Å². The van der Waals surface area contributed by atoms with Crippen LogP contribution in [0.1, 0.15) is 35.7 Å². The molecule has 0 bridgehead atoms. The summed E-state index contributed by atoms with van der Waals surface area (Å²) in [5, 5.41) is 2.31. The number of nitrogens with one attached hydrogen (secondary N) is 1. The maximum atomic E-state index is 13.2. The third-order valence-electron chi connectivity index (χ3n) is 6.18. The summed E-state index contributed by atoms with van der Waals surface area (Å²) in [7, 11) is 0. The Balaban J connectivity index is 1.39. The number of carbonyl (C=O) groups is 4. The molecule has 1 unspecified atom stereocenters. The summed E-state index contributed by atoms with van der Waals surface area (Å²) in [4.78, 5) is 54.7. The second-order valence-corrected chi connectivity index (χ2v) is 8.19. The van der Waals surface area contributed by atoms with Crippen LogP contribution in [0.25, 0.3) is 0 Å². The SMILES string of the molecule is C[C@H]1CN(c2ccc3c(c2)CN(C2CCC(=O)NC2=O)C3=O)C(=O)N1c1ccccc1. The van der Waals surface area contributed by atoms with Crippen LogP contribution in [0.15, 0.2) is 48.5 Å². The molecular weight excluding hydrogens is 396 g/mol. The van der Waals surface area contributed by atoms with Gasteiger partial charge >= 0.3 is 6.03 Å². The van der Waals surface area contributed by atoms with Gasteiger partial charge in [-0.3, -0.25) is 29.5 Å². The van der Waals surface area contributed by atoms with Crippen LogP contribution in [0.5, 0.6) is 0 Å². The Morgan fingerprint density at radius 1 is 0.968 bits per heavy atom. The van der Waals surface area contributed by atoms with Crippen LogP contribution < -0.4 is 15.1 Å². The van der Waals surface area contributed by atoms with Crippen molar-refractivity contribution < 1.29 is 19.2 Å². The third kappa shape index (κ3) is 3.15. The largest absolute Gasteiger partial charge is 0.329 e. The molecule has 5 amide bonds. The lowest BCUT2D eigenvalue weighted by Crippen LogP contribution is -2.52. The van der Waals surface area contributed by atoms with E-state index < -0.39 is 11.9 Å². The molecule has 0 spiro atoms. The number of para-hydroxylation sites is 1. The van der Waals surface area contributed by atoms with E-state index >= 15 is 0 Å². The van der Waals surface area contributed by atoms with Crippen molar-refractivity contribution in [3.05, 3.63) is 59.7 Å². The van der Waals surface area contributed by atoms with Crippen LogP contribution in [0.3, 0.4) is 0 Å². The maximum Gasteiger partial charge on any atom is 0.329 e. The van der Waals surface area contributed by atoms with Crippen molar-refractivity contribution in [1.29, 1.82) is 0 Å². The predicted octanol–water partition coefficient (Wildman–Crippen LogP) is 2.28. The van der Waals surface area contributed by atoms with Crippen LogP contribution in [0.2, 0.25) is 0 Å². The van der Waals surface area contributed by atoms with Gasteiger partial charge in [-0.1, -0.05) is 18.2 Å². The molecule has 8 heteroatoms. The van der Waals surface area contributed by atoms with Crippen molar-refractivity contribution in [3.8, 4) is 0 Å². The van der Waals surface area contributed by atoms with Crippen molar-refractivity contribution in [3.63, 3.8) is 0 Å². The van der Waals surface area contributed by atoms with E-state index in [0.29, 0.717) is 18.5 Å². The minimum Gasteiger partial charge on any atom is -0.322 e. The average molecular weight is 418 g/mol. The van der Waals surface area contributed by atoms with Gasteiger partial charge in [0.25, 0.3) is 5.91 Å². The smallest absolute Gasteiger partial charge is 0.322 e. The first-order valence-electron chi connectivity index (χ1n) is 10.4. The zero-order valence-corrected chi connectivity index (χ0v) is 17.1.